The molecule has 1 fully saturated rings. The predicted molar refractivity (Wildman–Crippen MR) is 33.0 cm³/mol. The van der Waals surface area contributed by atoms with Gasteiger partial charge in [0, 0.05) is 13.5 Å². The van der Waals surface area contributed by atoms with Gasteiger partial charge in [0.2, 0.25) is 5.91 Å². The molecule has 1 saturated heterocycles. The summed E-state index contributed by atoms with van der Waals surface area (Å²) in [6.07, 6.45) is 0.958. The number of hydrogen-bond donors (Lipinski definition) is 1. The summed E-state index contributed by atoms with van der Waals surface area (Å²) in [5.74, 6) is 0.0329. The molecule has 0 spiro atoms. The van der Waals surface area contributed by atoms with E-state index in [1.54, 1.807) is 0 Å². The maximum atomic E-state index is 10.4. The van der Waals surface area contributed by atoms with Crippen LogP contribution in [-0.2, 0) is 9.53 Å². The first-order valence-corrected chi connectivity index (χ1v) is 3.14. The average Bonchev–Trinajstić information content (AvgIpc) is 2.15. The monoisotopic (exact) mass is 129 g/mol. The van der Waals surface area contributed by atoms with Crippen LogP contribution in [0.3, 0.4) is 0 Å². The van der Waals surface area contributed by atoms with Crippen molar-refractivity contribution in [1.82, 2.24) is 5.32 Å². The molecule has 0 aromatic heterocycles. The zero-order valence-corrected chi connectivity index (χ0v) is 5.52. The summed E-state index contributed by atoms with van der Waals surface area (Å²) in [6.45, 7) is 2.99. The molecule has 3 heteroatoms. The molecule has 1 rings (SSSR count). The van der Waals surface area contributed by atoms with Crippen LogP contribution < -0.4 is 5.32 Å². The minimum Gasteiger partial charge on any atom is -0.379 e. The van der Waals surface area contributed by atoms with E-state index in [4.69, 9.17) is 4.74 Å². The van der Waals surface area contributed by atoms with E-state index in [9.17, 15) is 4.79 Å². The molecule has 1 amide bonds. The van der Waals surface area contributed by atoms with Gasteiger partial charge < -0.3 is 10.1 Å². The fourth-order valence-corrected chi connectivity index (χ4v) is 0.936. The van der Waals surface area contributed by atoms with Crippen LogP contribution in [-0.4, -0.2) is 25.2 Å². The van der Waals surface area contributed by atoms with Gasteiger partial charge in [0.1, 0.15) is 0 Å². The van der Waals surface area contributed by atoms with E-state index in [-0.39, 0.29) is 11.9 Å². The Morgan fingerprint density at radius 2 is 2.56 bits per heavy atom. The van der Waals surface area contributed by atoms with E-state index in [2.05, 4.69) is 5.32 Å². The molecule has 0 aliphatic carbocycles. The molecule has 9 heavy (non-hydrogen) atoms. The fourth-order valence-electron chi connectivity index (χ4n) is 0.936. The minimum atomic E-state index is 0.0329. The van der Waals surface area contributed by atoms with Gasteiger partial charge in [0.15, 0.2) is 0 Å². The zero-order chi connectivity index (χ0) is 6.69. The van der Waals surface area contributed by atoms with Gasteiger partial charge in [-0.25, -0.2) is 0 Å². The Morgan fingerprint density at radius 3 is 3.00 bits per heavy atom. The van der Waals surface area contributed by atoms with E-state index in [0.717, 1.165) is 13.0 Å². The quantitative estimate of drug-likeness (QED) is 0.537. The van der Waals surface area contributed by atoms with Gasteiger partial charge in [-0.15, -0.1) is 0 Å². The van der Waals surface area contributed by atoms with Gasteiger partial charge in [-0.1, -0.05) is 0 Å². The minimum absolute atomic E-state index is 0.0329. The van der Waals surface area contributed by atoms with Crippen molar-refractivity contribution in [3.8, 4) is 0 Å². The molecule has 0 unspecified atom stereocenters. The normalized spacial score (nSPS) is 26.1. The van der Waals surface area contributed by atoms with Gasteiger partial charge in [0.25, 0.3) is 0 Å². The number of ether oxygens (including phenoxy) is 1. The first-order chi connectivity index (χ1) is 4.29. The van der Waals surface area contributed by atoms with E-state index in [1.165, 1.54) is 6.92 Å². The van der Waals surface area contributed by atoms with Crippen LogP contribution in [0.1, 0.15) is 13.3 Å². The molecular formula is C6H11NO2. The van der Waals surface area contributed by atoms with E-state index >= 15 is 0 Å². The Balaban J connectivity index is 2.19. The number of amides is 1. The number of nitrogens with one attached hydrogen (secondary N) is 1. The molecule has 52 valence electrons. The smallest absolute Gasteiger partial charge is 0.217 e. The Labute approximate surface area is 54.4 Å². The van der Waals surface area contributed by atoms with Crippen molar-refractivity contribution in [1.29, 1.82) is 0 Å². The van der Waals surface area contributed by atoms with Crippen molar-refractivity contribution < 1.29 is 9.53 Å². The Kier molecular flexibility index (Phi) is 2.05. The lowest BCUT2D eigenvalue weighted by Gasteiger charge is -2.06. The Hall–Kier alpha value is -0.570. The molecular weight excluding hydrogens is 118 g/mol. The maximum absolute atomic E-state index is 10.4. The van der Waals surface area contributed by atoms with Gasteiger partial charge in [-0.2, -0.15) is 0 Å². The van der Waals surface area contributed by atoms with Crippen LogP contribution in [0.25, 0.3) is 0 Å². The van der Waals surface area contributed by atoms with Crippen molar-refractivity contribution in [3.63, 3.8) is 0 Å². The number of hydrogen-bond acceptors (Lipinski definition) is 2. The number of carbonyl (C=O) groups excluding carboxylic acids is 1. The SMILES string of the molecule is CC(=O)N[C@H]1CCOC1. The molecule has 0 aromatic carbocycles. The highest BCUT2D eigenvalue weighted by molar-refractivity contribution is 5.73. The highest BCUT2D eigenvalue weighted by atomic mass is 16.5. The number of carbonyl (C=O) groups is 1. The summed E-state index contributed by atoms with van der Waals surface area (Å²) in [6, 6.07) is 0.266. The lowest BCUT2D eigenvalue weighted by molar-refractivity contribution is -0.119. The van der Waals surface area contributed by atoms with E-state index in [1.807, 2.05) is 0 Å². The summed E-state index contributed by atoms with van der Waals surface area (Å²) < 4.78 is 5.04. The van der Waals surface area contributed by atoms with Gasteiger partial charge in [-0.05, 0) is 6.42 Å². The topological polar surface area (TPSA) is 38.3 Å². The van der Waals surface area contributed by atoms with Crippen molar-refractivity contribution in [2.45, 2.75) is 19.4 Å². The first kappa shape index (κ1) is 6.55. The fraction of sp³-hybridized carbons (Fsp3) is 0.833. The molecule has 0 radical (unpaired) electrons. The van der Waals surface area contributed by atoms with Crippen LogP contribution in [0, 0.1) is 0 Å². The summed E-state index contributed by atoms with van der Waals surface area (Å²) in [5, 5.41) is 2.78. The van der Waals surface area contributed by atoms with Crippen LogP contribution in [0.15, 0.2) is 0 Å². The standard InChI is InChI=1S/C6H11NO2/c1-5(8)7-6-2-3-9-4-6/h6H,2-4H2,1H3,(H,7,8)/t6-/m0/s1. The van der Waals surface area contributed by atoms with Crippen LogP contribution in [0.5, 0.6) is 0 Å². The van der Waals surface area contributed by atoms with Crippen molar-refractivity contribution >= 4 is 5.91 Å². The van der Waals surface area contributed by atoms with Crippen molar-refractivity contribution in [3.05, 3.63) is 0 Å². The second-order valence-electron chi connectivity index (χ2n) is 2.26. The van der Waals surface area contributed by atoms with Gasteiger partial charge in [-0.3, -0.25) is 4.79 Å². The molecule has 1 atom stereocenters. The first-order valence-electron chi connectivity index (χ1n) is 3.14. The van der Waals surface area contributed by atoms with E-state index < -0.39 is 0 Å². The Bertz CT molecular complexity index is 108. The third kappa shape index (κ3) is 2.01. The van der Waals surface area contributed by atoms with Crippen LogP contribution in [0.4, 0.5) is 0 Å². The lowest BCUT2D eigenvalue weighted by atomic mass is 10.3. The third-order valence-corrected chi connectivity index (χ3v) is 1.34. The van der Waals surface area contributed by atoms with Crippen molar-refractivity contribution in [2.24, 2.45) is 0 Å². The molecule has 1 N–H and O–H groups in total. The summed E-state index contributed by atoms with van der Waals surface area (Å²) in [7, 11) is 0. The second kappa shape index (κ2) is 2.82. The summed E-state index contributed by atoms with van der Waals surface area (Å²) >= 11 is 0. The predicted octanol–water partition coefficient (Wildman–Crippen LogP) is -0.0886. The number of rotatable bonds is 1. The van der Waals surface area contributed by atoms with Crippen LogP contribution >= 0.6 is 0 Å². The Morgan fingerprint density at radius 1 is 1.78 bits per heavy atom. The van der Waals surface area contributed by atoms with Crippen molar-refractivity contribution in [2.75, 3.05) is 13.2 Å². The lowest BCUT2D eigenvalue weighted by Crippen LogP contribution is -2.32. The largest absolute Gasteiger partial charge is 0.379 e. The van der Waals surface area contributed by atoms with E-state index in [0.29, 0.717) is 6.61 Å². The third-order valence-electron chi connectivity index (χ3n) is 1.34. The second-order valence-corrected chi connectivity index (χ2v) is 2.26. The molecule has 3 nitrogen and oxygen atoms in total. The molecule has 1 heterocycles. The maximum Gasteiger partial charge on any atom is 0.217 e. The zero-order valence-electron chi connectivity index (χ0n) is 5.52. The molecule has 1 aliphatic rings. The summed E-state index contributed by atoms with van der Waals surface area (Å²) in [5.41, 5.74) is 0. The molecule has 0 saturated carbocycles. The highest BCUT2D eigenvalue weighted by Gasteiger charge is 2.15. The van der Waals surface area contributed by atoms with Gasteiger partial charge >= 0.3 is 0 Å². The summed E-state index contributed by atoms with van der Waals surface area (Å²) in [4.78, 5) is 10.4. The highest BCUT2D eigenvalue weighted by Crippen LogP contribution is 2.02. The molecule has 0 bridgehead atoms. The van der Waals surface area contributed by atoms with Gasteiger partial charge in [0.05, 0.1) is 12.6 Å². The molecule has 1 aliphatic heterocycles. The molecule has 0 aromatic rings. The average molecular weight is 129 g/mol. The van der Waals surface area contributed by atoms with Crippen LogP contribution in [0.2, 0.25) is 0 Å².